The Kier molecular flexibility index (Phi) is 6.30. The van der Waals surface area contributed by atoms with E-state index in [9.17, 15) is 14.7 Å². The summed E-state index contributed by atoms with van der Waals surface area (Å²) in [4.78, 5) is 28.9. The van der Waals surface area contributed by atoms with Crippen LogP contribution >= 0.6 is 0 Å². The van der Waals surface area contributed by atoms with Crippen molar-refractivity contribution in [3.63, 3.8) is 0 Å². The Balaban J connectivity index is 1.53. The van der Waals surface area contributed by atoms with Gasteiger partial charge in [0.25, 0.3) is 5.91 Å². The van der Waals surface area contributed by atoms with Gasteiger partial charge >= 0.3 is 6.03 Å². The average Bonchev–Trinajstić information content (AvgIpc) is 2.67. The number of nitrogens with zero attached hydrogens (tertiary/aromatic N) is 2. The number of carbonyl (C=O) groups excluding carboxylic acids is 2. The summed E-state index contributed by atoms with van der Waals surface area (Å²) in [7, 11) is 2.05. The number of rotatable bonds is 4. The second-order valence-corrected chi connectivity index (χ2v) is 7.49. The first-order valence-electron chi connectivity index (χ1n) is 9.51. The van der Waals surface area contributed by atoms with Crippen molar-refractivity contribution in [2.24, 2.45) is 0 Å². The van der Waals surface area contributed by atoms with E-state index in [4.69, 9.17) is 0 Å². The molecule has 27 heavy (non-hydrogen) atoms. The molecule has 4 N–H and O–H groups in total. The van der Waals surface area contributed by atoms with Crippen LogP contribution in [0.25, 0.3) is 0 Å². The molecule has 0 spiro atoms. The molecule has 2 fully saturated rings. The smallest absolute Gasteiger partial charge is 0.319 e. The van der Waals surface area contributed by atoms with E-state index >= 15 is 0 Å². The van der Waals surface area contributed by atoms with Crippen LogP contribution in [0, 0.1) is 0 Å². The lowest BCUT2D eigenvalue weighted by Gasteiger charge is -2.32. The van der Waals surface area contributed by atoms with Crippen LogP contribution < -0.4 is 16.0 Å². The zero-order valence-corrected chi connectivity index (χ0v) is 15.8. The van der Waals surface area contributed by atoms with Crippen LogP contribution in [0.4, 0.5) is 10.5 Å². The van der Waals surface area contributed by atoms with Gasteiger partial charge in [-0.05, 0) is 44.6 Å². The summed E-state index contributed by atoms with van der Waals surface area (Å²) < 4.78 is 0. The zero-order chi connectivity index (χ0) is 19.3. The topological polar surface area (TPSA) is 96.9 Å². The molecule has 8 heteroatoms. The van der Waals surface area contributed by atoms with Gasteiger partial charge in [-0.25, -0.2) is 4.79 Å². The number of piperidine rings is 1. The lowest BCUT2D eigenvalue weighted by atomic mass is 9.94. The van der Waals surface area contributed by atoms with Crippen LogP contribution in [0.1, 0.15) is 23.2 Å². The van der Waals surface area contributed by atoms with Crippen molar-refractivity contribution in [3.8, 4) is 0 Å². The summed E-state index contributed by atoms with van der Waals surface area (Å²) in [6.45, 7) is 4.70. The number of piperazine rings is 1. The molecule has 2 heterocycles. The first-order chi connectivity index (χ1) is 13.0. The van der Waals surface area contributed by atoms with Crippen molar-refractivity contribution < 1.29 is 14.7 Å². The van der Waals surface area contributed by atoms with Crippen molar-refractivity contribution in [2.45, 2.75) is 18.4 Å². The standard InChI is InChI=1S/C19H29N5O3/c1-23-8-10-24(11-9-23)17(25)15-4-2-5-16(12-15)22-18(26)21-14-19(27)6-3-7-20-13-19/h2,4-5,12,20,27H,3,6-11,13-14H2,1H3,(H2,21,22,26). The molecule has 1 unspecified atom stereocenters. The minimum absolute atomic E-state index is 0.0188. The fraction of sp³-hybridized carbons (Fsp3) is 0.579. The van der Waals surface area contributed by atoms with Crippen molar-refractivity contribution in [1.82, 2.24) is 20.4 Å². The van der Waals surface area contributed by atoms with E-state index in [1.807, 2.05) is 11.9 Å². The molecule has 0 aliphatic carbocycles. The number of urea groups is 1. The Bertz CT molecular complexity index is 667. The second-order valence-electron chi connectivity index (χ2n) is 7.49. The molecule has 0 saturated carbocycles. The number of amides is 3. The minimum atomic E-state index is -0.908. The number of β-amino-alcohol motifs (C(OH)–C–C–N with tert-alkyl or cyclic N) is 1. The van der Waals surface area contributed by atoms with Gasteiger partial charge in [0.2, 0.25) is 0 Å². The largest absolute Gasteiger partial charge is 0.387 e. The highest BCUT2D eigenvalue weighted by Gasteiger charge is 2.29. The summed E-state index contributed by atoms with van der Waals surface area (Å²) >= 11 is 0. The van der Waals surface area contributed by atoms with E-state index in [0.717, 1.165) is 26.1 Å². The molecule has 1 aromatic carbocycles. The van der Waals surface area contributed by atoms with Gasteiger partial charge < -0.3 is 30.9 Å². The van der Waals surface area contributed by atoms with Gasteiger partial charge in [0.05, 0.1) is 5.60 Å². The normalized spacial score (nSPS) is 23.7. The van der Waals surface area contributed by atoms with E-state index in [0.29, 0.717) is 37.3 Å². The van der Waals surface area contributed by atoms with Crippen molar-refractivity contribution in [2.75, 3.05) is 58.2 Å². The van der Waals surface area contributed by atoms with Gasteiger partial charge in [-0.2, -0.15) is 0 Å². The van der Waals surface area contributed by atoms with E-state index < -0.39 is 11.6 Å². The third-order valence-corrected chi connectivity index (χ3v) is 5.19. The fourth-order valence-electron chi connectivity index (χ4n) is 3.44. The molecule has 3 amide bonds. The Hall–Kier alpha value is -2.16. The number of benzene rings is 1. The molecule has 3 rings (SSSR count). The van der Waals surface area contributed by atoms with Crippen molar-refractivity contribution >= 4 is 17.6 Å². The van der Waals surface area contributed by atoms with Crippen molar-refractivity contribution in [3.05, 3.63) is 29.8 Å². The molecule has 0 radical (unpaired) electrons. The molecule has 0 aromatic heterocycles. The summed E-state index contributed by atoms with van der Waals surface area (Å²) in [5, 5.41) is 19.0. The van der Waals surface area contributed by atoms with Gasteiger partial charge in [-0.3, -0.25) is 4.79 Å². The maximum Gasteiger partial charge on any atom is 0.319 e. The fourth-order valence-corrected chi connectivity index (χ4v) is 3.44. The number of aliphatic hydroxyl groups is 1. The van der Waals surface area contributed by atoms with Crippen LogP contribution in [0.5, 0.6) is 0 Å². The van der Waals surface area contributed by atoms with Crippen LogP contribution in [-0.2, 0) is 0 Å². The van der Waals surface area contributed by atoms with Gasteiger partial charge in [0.15, 0.2) is 0 Å². The SMILES string of the molecule is CN1CCN(C(=O)c2cccc(NC(=O)NCC3(O)CCCNC3)c2)CC1. The number of nitrogens with one attached hydrogen (secondary N) is 3. The highest BCUT2D eigenvalue weighted by Crippen LogP contribution is 2.16. The minimum Gasteiger partial charge on any atom is -0.387 e. The predicted molar refractivity (Wildman–Crippen MR) is 104 cm³/mol. The Morgan fingerprint density at radius 1 is 1.26 bits per heavy atom. The predicted octanol–water partition coefficient (Wildman–Crippen LogP) is 0.310. The molecule has 148 valence electrons. The lowest BCUT2D eigenvalue weighted by Crippen LogP contribution is -2.53. The first-order valence-corrected chi connectivity index (χ1v) is 9.51. The molecule has 1 atom stereocenters. The number of anilines is 1. The van der Waals surface area contributed by atoms with Gasteiger partial charge in [0.1, 0.15) is 0 Å². The third kappa shape index (κ3) is 5.41. The second kappa shape index (κ2) is 8.69. The van der Waals surface area contributed by atoms with E-state index in [1.165, 1.54) is 0 Å². The number of likely N-dealkylation sites (N-methyl/N-ethyl adjacent to an activating group) is 1. The molecule has 2 saturated heterocycles. The number of hydrogen-bond acceptors (Lipinski definition) is 5. The summed E-state index contributed by atoms with van der Waals surface area (Å²) in [5.74, 6) is -0.0188. The first kappa shape index (κ1) is 19.6. The molecule has 1 aromatic rings. The van der Waals surface area contributed by atoms with Gasteiger partial charge in [-0.15, -0.1) is 0 Å². The van der Waals surface area contributed by atoms with Gasteiger partial charge in [0, 0.05) is 50.5 Å². The zero-order valence-electron chi connectivity index (χ0n) is 15.8. The van der Waals surface area contributed by atoms with Crippen LogP contribution in [-0.4, -0.2) is 85.3 Å². The highest BCUT2D eigenvalue weighted by molar-refractivity contribution is 5.97. The van der Waals surface area contributed by atoms with E-state index in [1.54, 1.807) is 24.3 Å². The highest BCUT2D eigenvalue weighted by atomic mass is 16.3. The van der Waals surface area contributed by atoms with Crippen LogP contribution in [0.3, 0.4) is 0 Å². The molecule has 0 bridgehead atoms. The van der Waals surface area contributed by atoms with E-state index in [-0.39, 0.29) is 12.5 Å². The van der Waals surface area contributed by atoms with Gasteiger partial charge in [-0.1, -0.05) is 6.07 Å². The molecular formula is C19H29N5O3. The lowest BCUT2D eigenvalue weighted by molar-refractivity contribution is 0.0198. The third-order valence-electron chi connectivity index (χ3n) is 5.19. The summed E-state index contributed by atoms with van der Waals surface area (Å²) in [5.41, 5.74) is 0.211. The van der Waals surface area contributed by atoms with Crippen molar-refractivity contribution in [1.29, 1.82) is 0 Å². The number of hydrogen-bond donors (Lipinski definition) is 4. The summed E-state index contributed by atoms with van der Waals surface area (Å²) in [6.07, 6.45) is 1.55. The van der Waals surface area contributed by atoms with Crippen LogP contribution in [0.2, 0.25) is 0 Å². The molecular weight excluding hydrogens is 346 g/mol. The quantitative estimate of drug-likeness (QED) is 0.607. The van der Waals surface area contributed by atoms with E-state index in [2.05, 4.69) is 20.9 Å². The average molecular weight is 375 g/mol. The molecule has 2 aliphatic heterocycles. The number of carbonyl (C=O) groups is 2. The Labute approximate surface area is 159 Å². The maximum atomic E-state index is 12.7. The summed E-state index contributed by atoms with van der Waals surface area (Å²) in [6, 6.07) is 6.57. The maximum absolute atomic E-state index is 12.7. The molecule has 2 aliphatic rings. The Morgan fingerprint density at radius 3 is 2.74 bits per heavy atom. The monoisotopic (exact) mass is 375 g/mol. The Morgan fingerprint density at radius 2 is 2.04 bits per heavy atom. The van der Waals surface area contributed by atoms with Crippen LogP contribution in [0.15, 0.2) is 24.3 Å². The molecule has 8 nitrogen and oxygen atoms in total.